The predicted molar refractivity (Wildman–Crippen MR) is 52.9 cm³/mol. The minimum Gasteiger partial charge on any atom is -0.375 e. The van der Waals surface area contributed by atoms with Crippen LogP contribution in [0.25, 0.3) is 0 Å². The molecule has 0 saturated heterocycles. The van der Waals surface area contributed by atoms with E-state index in [1.165, 1.54) is 35.0 Å². The predicted octanol–water partition coefficient (Wildman–Crippen LogP) is 2.45. The van der Waals surface area contributed by atoms with Gasteiger partial charge < -0.3 is 5.32 Å². The fraction of sp³-hybridized carbons (Fsp3) is 0.667. The summed E-state index contributed by atoms with van der Waals surface area (Å²) < 4.78 is 0. The summed E-state index contributed by atoms with van der Waals surface area (Å²) in [6, 6.07) is 0. The third kappa shape index (κ3) is 1.46. The molecule has 2 rings (SSSR count). The molecular formula is C9H14N2S. The quantitative estimate of drug-likeness (QED) is 0.721. The van der Waals surface area contributed by atoms with Gasteiger partial charge in [-0.25, -0.2) is 4.98 Å². The number of hydrogen-bond donors (Lipinski definition) is 1. The van der Waals surface area contributed by atoms with Gasteiger partial charge in [-0.05, 0) is 25.7 Å². The summed E-state index contributed by atoms with van der Waals surface area (Å²) in [5.41, 5.74) is 1.30. The average molecular weight is 182 g/mol. The molecule has 0 aliphatic carbocycles. The van der Waals surface area contributed by atoms with E-state index in [4.69, 9.17) is 0 Å². The molecule has 3 heteroatoms. The molecule has 1 aliphatic rings. The summed E-state index contributed by atoms with van der Waals surface area (Å²) in [5, 5.41) is 6.03. The molecule has 0 spiro atoms. The van der Waals surface area contributed by atoms with E-state index >= 15 is 0 Å². The Balaban J connectivity index is 2.26. The topological polar surface area (TPSA) is 24.9 Å². The Bertz CT molecular complexity index is 244. The van der Waals surface area contributed by atoms with Crippen LogP contribution < -0.4 is 5.32 Å². The first-order valence-corrected chi connectivity index (χ1v) is 5.44. The van der Waals surface area contributed by atoms with Gasteiger partial charge in [0.15, 0.2) is 0 Å². The highest BCUT2D eigenvalue weighted by molar-refractivity contribution is 7.15. The number of aryl methyl sites for hydroxylation is 2. The molecule has 12 heavy (non-hydrogen) atoms. The van der Waals surface area contributed by atoms with Crippen molar-refractivity contribution >= 4 is 16.3 Å². The van der Waals surface area contributed by atoms with E-state index in [1.54, 1.807) is 0 Å². The Morgan fingerprint density at radius 2 is 2.42 bits per heavy atom. The number of thiazole rings is 1. The highest BCUT2D eigenvalue weighted by Gasteiger charge is 2.11. The molecule has 1 aromatic rings. The van der Waals surface area contributed by atoms with E-state index in [-0.39, 0.29) is 0 Å². The Hall–Kier alpha value is -0.570. The number of nitrogens with zero attached hydrogens (tertiary/aromatic N) is 1. The lowest BCUT2D eigenvalue weighted by molar-refractivity contribution is 0.772. The van der Waals surface area contributed by atoms with Gasteiger partial charge in [0.1, 0.15) is 5.00 Å². The Kier molecular flexibility index (Phi) is 2.30. The van der Waals surface area contributed by atoms with Gasteiger partial charge in [-0.15, -0.1) is 11.3 Å². The van der Waals surface area contributed by atoms with Crippen LogP contribution >= 0.6 is 11.3 Å². The Labute approximate surface area is 77.0 Å². The molecule has 2 nitrogen and oxygen atoms in total. The van der Waals surface area contributed by atoms with Gasteiger partial charge in [0.05, 0.1) is 10.7 Å². The number of anilines is 1. The molecular weight excluding hydrogens is 168 g/mol. The second-order valence-electron chi connectivity index (χ2n) is 3.12. The van der Waals surface area contributed by atoms with Gasteiger partial charge >= 0.3 is 0 Å². The first kappa shape index (κ1) is 8.05. The standard InChI is InChI=1S/C9H14N2S/c1-2-8-11-7-5-3-4-6-10-9(7)12-8/h10H,2-6H2,1H3. The Morgan fingerprint density at radius 3 is 3.25 bits per heavy atom. The lowest BCUT2D eigenvalue weighted by atomic mass is 10.2. The molecule has 0 saturated carbocycles. The van der Waals surface area contributed by atoms with Crippen LogP contribution in [0.4, 0.5) is 5.00 Å². The van der Waals surface area contributed by atoms with Gasteiger partial charge in [-0.3, -0.25) is 0 Å². The zero-order valence-electron chi connectivity index (χ0n) is 7.39. The average Bonchev–Trinajstić information content (AvgIpc) is 2.37. The fourth-order valence-corrected chi connectivity index (χ4v) is 2.45. The van der Waals surface area contributed by atoms with Gasteiger partial charge in [0.25, 0.3) is 0 Å². The Morgan fingerprint density at radius 1 is 1.50 bits per heavy atom. The zero-order valence-corrected chi connectivity index (χ0v) is 8.21. The van der Waals surface area contributed by atoms with Crippen molar-refractivity contribution in [1.29, 1.82) is 0 Å². The van der Waals surface area contributed by atoms with E-state index < -0.39 is 0 Å². The molecule has 2 heterocycles. The van der Waals surface area contributed by atoms with Crippen molar-refractivity contribution in [2.24, 2.45) is 0 Å². The van der Waals surface area contributed by atoms with Crippen molar-refractivity contribution in [3.8, 4) is 0 Å². The molecule has 1 N–H and O–H groups in total. The molecule has 0 amide bonds. The van der Waals surface area contributed by atoms with Crippen LogP contribution in [-0.4, -0.2) is 11.5 Å². The van der Waals surface area contributed by atoms with Crippen LogP contribution in [-0.2, 0) is 12.8 Å². The summed E-state index contributed by atoms with van der Waals surface area (Å²) in [7, 11) is 0. The smallest absolute Gasteiger partial charge is 0.112 e. The van der Waals surface area contributed by atoms with Gasteiger partial charge in [-0.1, -0.05) is 6.92 Å². The summed E-state index contributed by atoms with van der Waals surface area (Å²) in [6.07, 6.45) is 4.80. The molecule has 1 aromatic heterocycles. The van der Waals surface area contributed by atoms with E-state index in [0.29, 0.717) is 0 Å². The van der Waals surface area contributed by atoms with Crippen LogP contribution in [0.15, 0.2) is 0 Å². The number of aromatic nitrogens is 1. The molecule has 0 aromatic carbocycles. The molecule has 1 aliphatic heterocycles. The van der Waals surface area contributed by atoms with Crippen molar-refractivity contribution in [2.45, 2.75) is 32.6 Å². The summed E-state index contributed by atoms with van der Waals surface area (Å²) in [6.45, 7) is 3.29. The third-order valence-electron chi connectivity index (χ3n) is 2.17. The third-order valence-corrected chi connectivity index (χ3v) is 3.37. The highest BCUT2D eigenvalue weighted by atomic mass is 32.1. The van der Waals surface area contributed by atoms with E-state index in [2.05, 4.69) is 17.2 Å². The molecule has 0 atom stereocenters. The maximum Gasteiger partial charge on any atom is 0.112 e. The molecule has 66 valence electrons. The number of hydrogen-bond acceptors (Lipinski definition) is 3. The minimum atomic E-state index is 1.07. The second kappa shape index (κ2) is 3.44. The molecule has 0 unspecified atom stereocenters. The molecule has 0 fully saturated rings. The zero-order chi connectivity index (χ0) is 8.39. The normalized spacial score (nSPS) is 16.4. The van der Waals surface area contributed by atoms with E-state index in [9.17, 15) is 0 Å². The van der Waals surface area contributed by atoms with Gasteiger partial charge in [0.2, 0.25) is 0 Å². The number of nitrogens with one attached hydrogen (secondary N) is 1. The largest absolute Gasteiger partial charge is 0.375 e. The first-order valence-electron chi connectivity index (χ1n) is 4.62. The van der Waals surface area contributed by atoms with Crippen molar-refractivity contribution in [3.63, 3.8) is 0 Å². The molecule has 0 bridgehead atoms. The minimum absolute atomic E-state index is 1.07. The number of rotatable bonds is 1. The fourth-order valence-electron chi connectivity index (χ4n) is 1.48. The van der Waals surface area contributed by atoms with Crippen LogP contribution in [0.5, 0.6) is 0 Å². The maximum absolute atomic E-state index is 4.59. The first-order chi connectivity index (χ1) is 5.90. The molecule has 0 radical (unpaired) electrons. The SMILES string of the molecule is CCc1nc2c(s1)NCCCC2. The van der Waals surface area contributed by atoms with E-state index in [0.717, 1.165) is 13.0 Å². The summed E-state index contributed by atoms with van der Waals surface area (Å²) in [5.74, 6) is 0. The van der Waals surface area contributed by atoms with Gasteiger partial charge in [-0.2, -0.15) is 0 Å². The maximum atomic E-state index is 4.59. The highest BCUT2D eigenvalue weighted by Crippen LogP contribution is 2.28. The van der Waals surface area contributed by atoms with Crippen molar-refractivity contribution < 1.29 is 0 Å². The van der Waals surface area contributed by atoms with Crippen molar-refractivity contribution in [3.05, 3.63) is 10.7 Å². The van der Waals surface area contributed by atoms with Crippen LogP contribution in [0.1, 0.15) is 30.5 Å². The van der Waals surface area contributed by atoms with Crippen molar-refractivity contribution in [1.82, 2.24) is 4.98 Å². The monoisotopic (exact) mass is 182 g/mol. The number of fused-ring (bicyclic) bond motifs is 1. The van der Waals surface area contributed by atoms with Crippen LogP contribution in [0.3, 0.4) is 0 Å². The van der Waals surface area contributed by atoms with Crippen molar-refractivity contribution in [2.75, 3.05) is 11.9 Å². The summed E-state index contributed by atoms with van der Waals surface area (Å²) >= 11 is 1.83. The lowest BCUT2D eigenvalue weighted by Crippen LogP contribution is -1.96. The van der Waals surface area contributed by atoms with Gasteiger partial charge in [0, 0.05) is 6.54 Å². The van der Waals surface area contributed by atoms with E-state index in [1.807, 2.05) is 11.3 Å². The lowest BCUT2D eigenvalue weighted by Gasteiger charge is -1.96. The van der Waals surface area contributed by atoms with Crippen LogP contribution in [0.2, 0.25) is 0 Å². The second-order valence-corrected chi connectivity index (χ2v) is 4.20. The summed E-state index contributed by atoms with van der Waals surface area (Å²) in [4.78, 5) is 4.59. The van der Waals surface area contributed by atoms with Crippen LogP contribution in [0, 0.1) is 0 Å².